The second-order valence-corrected chi connectivity index (χ2v) is 8.02. The molecular formula is C21H28N2O4S. The summed E-state index contributed by atoms with van der Waals surface area (Å²) in [7, 11) is 3.23. The fourth-order valence-electron chi connectivity index (χ4n) is 3.52. The number of hydrogen-bond donors (Lipinski definition) is 1. The Bertz CT molecular complexity index is 813. The van der Waals surface area contributed by atoms with E-state index < -0.39 is 0 Å². The molecule has 0 bridgehead atoms. The maximum Gasteiger partial charge on any atom is 0.263 e. The molecule has 1 aromatic carbocycles. The first-order chi connectivity index (χ1) is 13.5. The topological polar surface area (TPSA) is 69.7 Å². The molecule has 0 spiro atoms. The van der Waals surface area contributed by atoms with E-state index in [0.717, 1.165) is 47.7 Å². The minimum Gasteiger partial charge on any atom is -0.493 e. The van der Waals surface area contributed by atoms with Crippen molar-refractivity contribution >= 4 is 17.2 Å². The van der Waals surface area contributed by atoms with E-state index in [1.165, 1.54) is 11.3 Å². The molecular weight excluding hydrogens is 376 g/mol. The lowest BCUT2D eigenvalue weighted by Crippen LogP contribution is -2.39. The van der Waals surface area contributed by atoms with Gasteiger partial charge < -0.3 is 19.5 Å². The molecule has 1 saturated carbocycles. The molecule has 6 nitrogen and oxygen atoms in total. The van der Waals surface area contributed by atoms with Gasteiger partial charge in [0.1, 0.15) is 4.88 Å². The third-order valence-electron chi connectivity index (χ3n) is 5.02. The van der Waals surface area contributed by atoms with Crippen LogP contribution in [0.3, 0.4) is 0 Å². The Kier molecular flexibility index (Phi) is 6.78. The summed E-state index contributed by atoms with van der Waals surface area (Å²) in [6.45, 7) is 3.95. The average Bonchev–Trinajstić information content (AvgIpc) is 3.10. The summed E-state index contributed by atoms with van der Waals surface area (Å²) < 4.78 is 16.9. The molecule has 1 heterocycles. The van der Waals surface area contributed by atoms with Crippen LogP contribution in [0.15, 0.2) is 18.2 Å². The maximum absolute atomic E-state index is 12.6. The number of hydrogen-bond acceptors (Lipinski definition) is 6. The predicted octanol–water partition coefficient (Wildman–Crippen LogP) is 4.15. The van der Waals surface area contributed by atoms with Crippen LogP contribution < -0.4 is 19.5 Å². The van der Waals surface area contributed by atoms with Crippen molar-refractivity contribution in [2.24, 2.45) is 0 Å². The van der Waals surface area contributed by atoms with Crippen LogP contribution in [0.4, 0.5) is 0 Å². The predicted molar refractivity (Wildman–Crippen MR) is 110 cm³/mol. The van der Waals surface area contributed by atoms with Gasteiger partial charge in [0.2, 0.25) is 5.75 Å². The molecule has 0 radical (unpaired) electrons. The van der Waals surface area contributed by atoms with E-state index in [1.807, 2.05) is 25.1 Å². The number of aryl methyl sites for hydroxylation is 2. The molecule has 0 unspecified atom stereocenters. The van der Waals surface area contributed by atoms with Crippen LogP contribution >= 0.6 is 11.3 Å². The van der Waals surface area contributed by atoms with Crippen molar-refractivity contribution in [2.75, 3.05) is 14.2 Å². The first-order valence-electron chi connectivity index (χ1n) is 9.70. The summed E-state index contributed by atoms with van der Waals surface area (Å²) in [6, 6.07) is 5.81. The maximum atomic E-state index is 12.6. The van der Waals surface area contributed by atoms with Crippen LogP contribution in [0.5, 0.6) is 17.2 Å². The first kappa shape index (κ1) is 20.5. The van der Waals surface area contributed by atoms with E-state index in [2.05, 4.69) is 17.2 Å². The van der Waals surface area contributed by atoms with Gasteiger partial charge in [0, 0.05) is 6.04 Å². The molecule has 28 heavy (non-hydrogen) atoms. The zero-order chi connectivity index (χ0) is 20.1. The van der Waals surface area contributed by atoms with E-state index in [9.17, 15) is 4.79 Å². The lowest BCUT2D eigenvalue weighted by atomic mass is 9.93. The highest BCUT2D eigenvalue weighted by atomic mass is 32.1. The SMILES string of the molecule is CCc1nc(C)c(C(=O)NC2CCC(Oc3cccc(OC)c3OC)CC2)s1. The molecule has 0 aliphatic heterocycles. The third-order valence-corrected chi connectivity index (χ3v) is 6.32. The normalized spacial score (nSPS) is 19.1. The minimum absolute atomic E-state index is 0.00599. The second kappa shape index (κ2) is 9.28. The Hall–Kier alpha value is -2.28. The van der Waals surface area contributed by atoms with Gasteiger partial charge in [0.25, 0.3) is 5.91 Å². The molecule has 0 atom stereocenters. The molecule has 3 rings (SSSR count). The zero-order valence-electron chi connectivity index (χ0n) is 16.9. The number of benzene rings is 1. The summed E-state index contributed by atoms with van der Waals surface area (Å²) in [5.41, 5.74) is 0.821. The van der Waals surface area contributed by atoms with Crippen LogP contribution in [0.1, 0.15) is 53.0 Å². The number of methoxy groups -OCH3 is 2. The van der Waals surface area contributed by atoms with Crippen LogP contribution in [0.25, 0.3) is 0 Å². The van der Waals surface area contributed by atoms with Gasteiger partial charge >= 0.3 is 0 Å². The van der Waals surface area contributed by atoms with Crippen molar-refractivity contribution in [1.29, 1.82) is 0 Å². The molecule has 1 N–H and O–H groups in total. The van der Waals surface area contributed by atoms with Crippen molar-refractivity contribution < 1.29 is 19.0 Å². The molecule has 1 fully saturated rings. The lowest BCUT2D eigenvalue weighted by molar-refractivity contribution is 0.0894. The lowest BCUT2D eigenvalue weighted by Gasteiger charge is -2.30. The Morgan fingerprint density at radius 1 is 1.18 bits per heavy atom. The Balaban J connectivity index is 1.55. The molecule has 7 heteroatoms. The smallest absolute Gasteiger partial charge is 0.263 e. The number of rotatable bonds is 7. The zero-order valence-corrected chi connectivity index (χ0v) is 17.7. The standard InChI is InChI=1S/C21H28N2O4S/c1-5-18-22-13(2)20(28-18)21(24)23-14-9-11-15(12-10-14)27-17-8-6-7-16(25-3)19(17)26-4/h6-8,14-15H,5,9-12H2,1-4H3,(H,23,24). The second-order valence-electron chi connectivity index (χ2n) is 6.93. The van der Waals surface area contributed by atoms with Gasteiger partial charge in [-0.2, -0.15) is 0 Å². The van der Waals surface area contributed by atoms with E-state index in [1.54, 1.807) is 14.2 Å². The van der Waals surface area contributed by atoms with Gasteiger partial charge in [0.05, 0.1) is 31.0 Å². The number of carbonyl (C=O) groups is 1. The highest BCUT2D eigenvalue weighted by Crippen LogP contribution is 2.38. The number of carbonyl (C=O) groups excluding carboxylic acids is 1. The Morgan fingerprint density at radius 3 is 2.50 bits per heavy atom. The van der Waals surface area contributed by atoms with Crippen LogP contribution in [0.2, 0.25) is 0 Å². The number of ether oxygens (including phenoxy) is 3. The van der Waals surface area contributed by atoms with Gasteiger partial charge in [-0.25, -0.2) is 4.98 Å². The van der Waals surface area contributed by atoms with Crippen molar-refractivity contribution in [3.8, 4) is 17.2 Å². The fourth-order valence-corrected chi connectivity index (χ4v) is 4.43. The summed E-state index contributed by atoms with van der Waals surface area (Å²) >= 11 is 1.49. The quantitative estimate of drug-likeness (QED) is 0.751. The average molecular weight is 405 g/mol. The highest BCUT2D eigenvalue weighted by molar-refractivity contribution is 7.13. The largest absolute Gasteiger partial charge is 0.493 e. The Labute approximate surface area is 170 Å². The highest BCUT2D eigenvalue weighted by Gasteiger charge is 2.26. The number of nitrogens with zero attached hydrogens (tertiary/aromatic N) is 1. The molecule has 1 amide bonds. The molecule has 0 saturated heterocycles. The number of para-hydroxylation sites is 1. The molecule has 1 aliphatic rings. The number of amides is 1. The molecule has 152 valence electrons. The van der Waals surface area contributed by atoms with Crippen molar-refractivity contribution in [3.63, 3.8) is 0 Å². The van der Waals surface area contributed by atoms with Gasteiger partial charge in [0.15, 0.2) is 11.5 Å². The number of thiazole rings is 1. The van der Waals surface area contributed by atoms with E-state index in [0.29, 0.717) is 17.2 Å². The summed E-state index contributed by atoms with van der Waals surface area (Å²) in [6.07, 6.45) is 4.50. The van der Waals surface area contributed by atoms with Crippen molar-refractivity contribution in [2.45, 2.75) is 58.1 Å². The van der Waals surface area contributed by atoms with E-state index in [4.69, 9.17) is 14.2 Å². The number of nitrogens with one attached hydrogen (secondary N) is 1. The van der Waals surface area contributed by atoms with Gasteiger partial charge in [-0.15, -0.1) is 11.3 Å². The fraction of sp³-hybridized carbons (Fsp3) is 0.524. The summed E-state index contributed by atoms with van der Waals surface area (Å²) in [5.74, 6) is 1.97. The van der Waals surface area contributed by atoms with Gasteiger partial charge in [-0.1, -0.05) is 13.0 Å². The number of aromatic nitrogens is 1. The van der Waals surface area contributed by atoms with Crippen LogP contribution in [-0.2, 0) is 6.42 Å². The third kappa shape index (κ3) is 4.58. The summed E-state index contributed by atoms with van der Waals surface area (Å²) in [4.78, 5) is 17.8. The molecule has 2 aromatic rings. The van der Waals surface area contributed by atoms with Crippen LogP contribution in [0, 0.1) is 6.92 Å². The van der Waals surface area contributed by atoms with E-state index in [-0.39, 0.29) is 18.1 Å². The molecule has 1 aromatic heterocycles. The summed E-state index contributed by atoms with van der Waals surface area (Å²) in [5, 5.41) is 4.18. The monoisotopic (exact) mass is 404 g/mol. The van der Waals surface area contributed by atoms with Gasteiger partial charge in [-0.3, -0.25) is 4.79 Å². The van der Waals surface area contributed by atoms with Crippen molar-refractivity contribution in [3.05, 3.63) is 33.8 Å². The van der Waals surface area contributed by atoms with E-state index >= 15 is 0 Å². The molecule has 1 aliphatic carbocycles. The van der Waals surface area contributed by atoms with Crippen LogP contribution in [-0.4, -0.2) is 37.3 Å². The minimum atomic E-state index is -0.00599. The van der Waals surface area contributed by atoms with Gasteiger partial charge in [-0.05, 0) is 51.2 Å². The van der Waals surface area contributed by atoms with Crippen molar-refractivity contribution in [1.82, 2.24) is 10.3 Å². The Morgan fingerprint density at radius 2 is 1.89 bits per heavy atom. The first-order valence-corrected chi connectivity index (χ1v) is 10.5.